The summed E-state index contributed by atoms with van der Waals surface area (Å²) < 4.78 is 0. The molecular formula is C13H20N2S. The fraction of sp³-hybridized carbons (Fsp3) is 0.769. The van der Waals surface area contributed by atoms with Crippen LogP contribution in [0.15, 0.2) is 5.38 Å². The molecule has 1 heterocycles. The first kappa shape index (κ1) is 10.7. The summed E-state index contributed by atoms with van der Waals surface area (Å²) in [4.78, 5) is 4.70. The number of aromatic nitrogens is 1. The zero-order chi connectivity index (χ0) is 11.0. The van der Waals surface area contributed by atoms with E-state index in [-0.39, 0.29) is 0 Å². The van der Waals surface area contributed by atoms with Gasteiger partial charge < -0.3 is 5.32 Å². The van der Waals surface area contributed by atoms with Crippen LogP contribution in [-0.2, 0) is 6.54 Å². The van der Waals surface area contributed by atoms with Crippen LogP contribution in [0.2, 0.25) is 0 Å². The molecule has 0 bridgehead atoms. The third kappa shape index (κ3) is 2.83. The van der Waals surface area contributed by atoms with E-state index in [9.17, 15) is 0 Å². The van der Waals surface area contributed by atoms with Gasteiger partial charge in [0.05, 0.1) is 10.7 Å². The summed E-state index contributed by atoms with van der Waals surface area (Å²) in [7, 11) is 0. The molecule has 2 fully saturated rings. The van der Waals surface area contributed by atoms with E-state index in [1.165, 1.54) is 42.8 Å². The Morgan fingerprint density at radius 2 is 2.25 bits per heavy atom. The summed E-state index contributed by atoms with van der Waals surface area (Å²) in [6.45, 7) is 3.25. The molecule has 0 amide bonds. The van der Waals surface area contributed by atoms with E-state index in [4.69, 9.17) is 4.98 Å². The second-order valence-electron chi connectivity index (χ2n) is 5.41. The number of hydrogen-bond acceptors (Lipinski definition) is 3. The molecule has 2 aliphatic carbocycles. The van der Waals surface area contributed by atoms with Gasteiger partial charge in [-0.15, -0.1) is 11.3 Å². The fourth-order valence-corrected chi connectivity index (χ4v) is 3.13. The Hall–Kier alpha value is -0.410. The minimum Gasteiger partial charge on any atom is -0.309 e. The largest absolute Gasteiger partial charge is 0.309 e. The highest BCUT2D eigenvalue weighted by Gasteiger charge is 2.26. The molecular weight excluding hydrogens is 216 g/mol. The van der Waals surface area contributed by atoms with E-state index in [0.717, 1.165) is 18.4 Å². The van der Waals surface area contributed by atoms with Crippen LogP contribution < -0.4 is 5.32 Å². The maximum absolute atomic E-state index is 4.70. The van der Waals surface area contributed by atoms with Gasteiger partial charge >= 0.3 is 0 Å². The summed E-state index contributed by atoms with van der Waals surface area (Å²) in [5.41, 5.74) is 1.24. The van der Waals surface area contributed by atoms with E-state index in [1.807, 2.05) is 11.3 Å². The lowest BCUT2D eigenvalue weighted by molar-refractivity contribution is 0.484. The van der Waals surface area contributed by atoms with Crippen molar-refractivity contribution in [2.24, 2.45) is 5.92 Å². The molecule has 0 saturated heterocycles. The predicted octanol–water partition coefficient (Wildman–Crippen LogP) is 3.30. The highest BCUT2D eigenvalue weighted by molar-refractivity contribution is 7.09. The highest BCUT2D eigenvalue weighted by atomic mass is 32.1. The standard InChI is InChI=1S/C13H20N2S/c1-9(6-10-2-3-10)14-7-12-8-16-13(15-12)11-4-5-11/h8-11,14H,2-7H2,1H3. The molecule has 0 radical (unpaired) electrons. The zero-order valence-electron chi connectivity index (χ0n) is 9.91. The Bertz CT molecular complexity index is 353. The van der Waals surface area contributed by atoms with E-state index in [1.54, 1.807) is 0 Å². The van der Waals surface area contributed by atoms with Crippen LogP contribution in [0, 0.1) is 5.92 Å². The van der Waals surface area contributed by atoms with Gasteiger partial charge in [0, 0.05) is 23.9 Å². The van der Waals surface area contributed by atoms with Gasteiger partial charge in [-0.25, -0.2) is 4.98 Å². The predicted molar refractivity (Wildman–Crippen MR) is 67.7 cm³/mol. The van der Waals surface area contributed by atoms with E-state index >= 15 is 0 Å². The van der Waals surface area contributed by atoms with E-state index < -0.39 is 0 Å². The first-order valence-corrected chi connectivity index (χ1v) is 7.37. The van der Waals surface area contributed by atoms with Crippen molar-refractivity contribution in [2.45, 2.75) is 57.5 Å². The Morgan fingerprint density at radius 3 is 2.94 bits per heavy atom. The molecule has 0 aromatic carbocycles. The van der Waals surface area contributed by atoms with Crippen molar-refractivity contribution in [1.29, 1.82) is 0 Å². The lowest BCUT2D eigenvalue weighted by Crippen LogP contribution is -2.26. The fourth-order valence-electron chi connectivity index (χ4n) is 2.14. The highest BCUT2D eigenvalue weighted by Crippen LogP contribution is 2.41. The molecule has 1 atom stereocenters. The SMILES string of the molecule is CC(CC1CC1)NCc1csc(C2CC2)n1. The van der Waals surface area contributed by atoms with Crippen molar-refractivity contribution in [3.63, 3.8) is 0 Å². The lowest BCUT2D eigenvalue weighted by Gasteiger charge is -2.11. The molecule has 3 heteroatoms. The van der Waals surface area contributed by atoms with Gasteiger partial charge in [-0.1, -0.05) is 12.8 Å². The third-order valence-electron chi connectivity index (χ3n) is 3.51. The maximum atomic E-state index is 4.70. The van der Waals surface area contributed by atoms with Crippen molar-refractivity contribution in [1.82, 2.24) is 10.3 Å². The molecule has 1 N–H and O–H groups in total. The van der Waals surface area contributed by atoms with Gasteiger partial charge in [0.25, 0.3) is 0 Å². The number of nitrogens with zero attached hydrogens (tertiary/aromatic N) is 1. The smallest absolute Gasteiger partial charge is 0.0959 e. The quantitative estimate of drug-likeness (QED) is 0.819. The van der Waals surface area contributed by atoms with Crippen LogP contribution in [0.5, 0.6) is 0 Å². The Morgan fingerprint density at radius 1 is 1.44 bits per heavy atom. The minimum atomic E-state index is 0.651. The summed E-state index contributed by atoms with van der Waals surface area (Å²) in [5.74, 6) is 1.82. The Kier molecular flexibility index (Phi) is 2.99. The molecule has 0 aliphatic heterocycles. The van der Waals surface area contributed by atoms with Crippen LogP contribution in [0.1, 0.15) is 55.6 Å². The zero-order valence-corrected chi connectivity index (χ0v) is 10.7. The Balaban J connectivity index is 1.45. The van der Waals surface area contributed by atoms with Crippen molar-refractivity contribution >= 4 is 11.3 Å². The van der Waals surface area contributed by atoms with Crippen LogP contribution in [-0.4, -0.2) is 11.0 Å². The lowest BCUT2D eigenvalue weighted by atomic mass is 10.1. The topological polar surface area (TPSA) is 24.9 Å². The molecule has 0 spiro atoms. The number of rotatable bonds is 6. The average Bonchev–Trinajstić information content (AvgIpc) is 3.18. The van der Waals surface area contributed by atoms with Crippen LogP contribution in [0.25, 0.3) is 0 Å². The normalized spacial score (nSPS) is 22.3. The van der Waals surface area contributed by atoms with Gasteiger partial charge in [-0.05, 0) is 32.1 Å². The first-order chi connectivity index (χ1) is 7.81. The minimum absolute atomic E-state index is 0.651. The van der Waals surface area contributed by atoms with Gasteiger partial charge in [-0.2, -0.15) is 0 Å². The Labute approximate surface area is 101 Å². The summed E-state index contributed by atoms with van der Waals surface area (Å²) in [6.07, 6.45) is 6.97. The summed E-state index contributed by atoms with van der Waals surface area (Å²) >= 11 is 1.85. The summed E-state index contributed by atoms with van der Waals surface area (Å²) in [5, 5.41) is 7.18. The maximum Gasteiger partial charge on any atom is 0.0959 e. The molecule has 1 aromatic rings. The first-order valence-electron chi connectivity index (χ1n) is 6.49. The second kappa shape index (κ2) is 4.46. The third-order valence-corrected chi connectivity index (χ3v) is 4.57. The van der Waals surface area contributed by atoms with Crippen LogP contribution in [0.3, 0.4) is 0 Å². The van der Waals surface area contributed by atoms with E-state index in [0.29, 0.717) is 6.04 Å². The van der Waals surface area contributed by atoms with Crippen molar-refractivity contribution in [3.05, 3.63) is 16.1 Å². The van der Waals surface area contributed by atoms with Crippen LogP contribution in [0.4, 0.5) is 0 Å². The molecule has 2 nitrogen and oxygen atoms in total. The van der Waals surface area contributed by atoms with Gasteiger partial charge in [0.15, 0.2) is 0 Å². The molecule has 88 valence electrons. The molecule has 2 saturated carbocycles. The monoisotopic (exact) mass is 236 g/mol. The molecule has 2 aliphatic rings. The summed E-state index contributed by atoms with van der Waals surface area (Å²) in [6, 6.07) is 0.651. The number of thiazole rings is 1. The van der Waals surface area contributed by atoms with E-state index in [2.05, 4.69) is 17.6 Å². The van der Waals surface area contributed by atoms with Crippen molar-refractivity contribution in [3.8, 4) is 0 Å². The van der Waals surface area contributed by atoms with Gasteiger partial charge in [-0.3, -0.25) is 0 Å². The average molecular weight is 236 g/mol. The second-order valence-corrected chi connectivity index (χ2v) is 6.30. The van der Waals surface area contributed by atoms with Gasteiger partial charge in [0.1, 0.15) is 0 Å². The van der Waals surface area contributed by atoms with Gasteiger partial charge in [0.2, 0.25) is 0 Å². The molecule has 16 heavy (non-hydrogen) atoms. The van der Waals surface area contributed by atoms with Crippen molar-refractivity contribution < 1.29 is 0 Å². The van der Waals surface area contributed by atoms with Crippen molar-refractivity contribution in [2.75, 3.05) is 0 Å². The number of nitrogens with one attached hydrogen (secondary N) is 1. The molecule has 1 aromatic heterocycles. The van der Waals surface area contributed by atoms with Crippen LogP contribution >= 0.6 is 11.3 Å². The number of hydrogen-bond donors (Lipinski definition) is 1. The molecule has 3 rings (SSSR count). The molecule has 1 unspecified atom stereocenters.